The SMILES string of the molecule is CN(C(=N)N)C(=O)c1cc(NC(=O)c2ccc(C(=O)Nc3cc(C(=O)N(C)C(=N)N)n(CC4CC4)c3)cc2)cn1CC1CC1. The molecule has 0 bridgehead atoms. The van der Waals surface area contributed by atoms with E-state index < -0.39 is 23.6 Å². The molecule has 1 aromatic carbocycles. The molecule has 2 saturated carbocycles. The number of nitrogens with two attached hydrogens (primary N) is 2. The van der Waals surface area contributed by atoms with Gasteiger partial charge in [0.05, 0.1) is 11.4 Å². The normalized spacial score (nSPS) is 14.0. The van der Waals surface area contributed by atoms with E-state index in [1.54, 1.807) is 33.7 Å². The molecule has 0 aliphatic heterocycles. The van der Waals surface area contributed by atoms with E-state index in [9.17, 15) is 19.2 Å². The van der Waals surface area contributed by atoms with Crippen molar-refractivity contribution in [3.8, 4) is 0 Å². The van der Waals surface area contributed by atoms with Crippen LogP contribution in [-0.2, 0) is 13.1 Å². The molecular weight excluding hydrogens is 564 g/mol. The predicted molar refractivity (Wildman–Crippen MR) is 165 cm³/mol. The summed E-state index contributed by atoms with van der Waals surface area (Å²) in [6.45, 7) is 1.25. The van der Waals surface area contributed by atoms with Crippen LogP contribution in [0.25, 0.3) is 0 Å². The fraction of sp³-hybridized carbons (Fsp3) is 0.333. The molecule has 0 unspecified atom stereocenters. The zero-order valence-electron chi connectivity index (χ0n) is 24.6. The lowest BCUT2D eigenvalue weighted by Crippen LogP contribution is -2.38. The summed E-state index contributed by atoms with van der Waals surface area (Å²) in [5.74, 6) is -1.57. The first-order valence-corrected chi connectivity index (χ1v) is 14.3. The standard InChI is InChI=1S/C30H36N10O4/c1-37(29(31)32)27(43)23-11-21(15-39(23)13-17-3-4-17)35-25(41)19-7-9-20(10-8-19)26(42)36-22-12-24(28(44)38(2)30(33)34)40(16-22)14-18-5-6-18/h7-12,15-18H,3-6,13-14H2,1-2H3,(H3,31,32)(H3,33,34)(H,35,41)(H,36,42). The van der Waals surface area contributed by atoms with Crippen molar-refractivity contribution < 1.29 is 19.2 Å². The van der Waals surface area contributed by atoms with Crippen LogP contribution in [0.1, 0.15) is 67.4 Å². The molecule has 2 heterocycles. The van der Waals surface area contributed by atoms with Crippen molar-refractivity contribution in [3.63, 3.8) is 0 Å². The van der Waals surface area contributed by atoms with Gasteiger partial charge in [-0.1, -0.05) is 0 Å². The van der Waals surface area contributed by atoms with Crippen LogP contribution in [0.15, 0.2) is 48.8 Å². The first kappa shape index (κ1) is 30.1. The smallest absolute Gasteiger partial charge is 0.276 e. The molecule has 3 aromatic rings. The van der Waals surface area contributed by atoms with Crippen molar-refractivity contribution in [2.75, 3.05) is 24.7 Å². The summed E-state index contributed by atoms with van der Waals surface area (Å²) in [6, 6.07) is 9.22. The van der Waals surface area contributed by atoms with Gasteiger partial charge in [-0.05, 0) is 73.9 Å². The average molecular weight is 601 g/mol. The van der Waals surface area contributed by atoms with E-state index >= 15 is 0 Å². The van der Waals surface area contributed by atoms with Crippen molar-refractivity contribution >= 4 is 46.9 Å². The highest BCUT2D eigenvalue weighted by molar-refractivity contribution is 6.09. The number of guanidine groups is 2. The Bertz CT molecular complexity index is 1520. The van der Waals surface area contributed by atoms with E-state index in [1.807, 2.05) is 0 Å². The quantitative estimate of drug-likeness (QED) is 0.152. The maximum Gasteiger partial charge on any atom is 0.276 e. The predicted octanol–water partition coefficient (Wildman–Crippen LogP) is 2.55. The molecule has 2 fully saturated rings. The Balaban J connectivity index is 1.26. The highest BCUT2D eigenvalue weighted by Gasteiger charge is 2.28. The monoisotopic (exact) mass is 600 g/mol. The second-order valence-electron chi connectivity index (χ2n) is 11.4. The average Bonchev–Trinajstić information content (AvgIpc) is 3.91. The maximum atomic E-state index is 13.0. The number of amides is 4. The zero-order chi connectivity index (χ0) is 31.7. The highest BCUT2D eigenvalue weighted by Crippen LogP contribution is 2.33. The number of carbonyl (C=O) groups is 4. The minimum atomic E-state index is -0.445. The van der Waals surface area contributed by atoms with Gasteiger partial charge in [-0.2, -0.15) is 0 Å². The Morgan fingerprint density at radius 2 is 1.07 bits per heavy atom. The third-order valence-corrected chi connectivity index (χ3v) is 7.79. The zero-order valence-corrected chi connectivity index (χ0v) is 24.6. The van der Waals surface area contributed by atoms with Crippen molar-refractivity contribution in [2.45, 2.75) is 38.8 Å². The van der Waals surface area contributed by atoms with Gasteiger partial charge in [0.1, 0.15) is 11.4 Å². The number of hydrogen-bond acceptors (Lipinski definition) is 6. The van der Waals surface area contributed by atoms with E-state index in [0.717, 1.165) is 35.5 Å². The van der Waals surface area contributed by atoms with Crippen LogP contribution in [-0.4, -0.2) is 68.6 Å². The molecule has 14 nitrogen and oxygen atoms in total. The van der Waals surface area contributed by atoms with Gasteiger partial charge in [-0.3, -0.25) is 39.8 Å². The lowest BCUT2D eigenvalue weighted by molar-refractivity contribution is 0.0850. The van der Waals surface area contributed by atoms with Crippen LogP contribution in [0.4, 0.5) is 11.4 Å². The number of anilines is 2. The van der Waals surface area contributed by atoms with Crippen molar-refractivity contribution in [3.05, 3.63) is 71.3 Å². The fourth-order valence-electron chi connectivity index (χ4n) is 4.72. The summed E-state index contributed by atoms with van der Waals surface area (Å²) in [4.78, 5) is 53.9. The van der Waals surface area contributed by atoms with Gasteiger partial charge in [0.15, 0.2) is 11.9 Å². The van der Waals surface area contributed by atoms with Crippen LogP contribution in [0.5, 0.6) is 0 Å². The van der Waals surface area contributed by atoms with Gasteiger partial charge in [-0.15, -0.1) is 0 Å². The molecule has 0 radical (unpaired) electrons. The number of rotatable bonds is 10. The number of aromatic nitrogens is 2. The van der Waals surface area contributed by atoms with Crippen LogP contribution >= 0.6 is 0 Å². The van der Waals surface area contributed by atoms with Crippen molar-refractivity contribution in [1.82, 2.24) is 18.9 Å². The number of carbonyl (C=O) groups excluding carboxylic acids is 4. The molecule has 0 atom stereocenters. The molecular formula is C30H36N10O4. The largest absolute Gasteiger partial charge is 0.370 e. The molecule has 5 rings (SSSR count). The van der Waals surface area contributed by atoms with Crippen LogP contribution in [0.2, 0.25) is 0 Å². The molecule has 0 saturated heterocycles. The summed E-state index contributed by atoms with van der Waals surface area (Å²) < 4.78 is 3.55. The lowest BCUT2D eigenvalue weighted by atomic mass is 10.1. The van der Waals surface area contributed by atoms with Crippen molar-refractivity contribution in [1.29, 1.82) is 10.8 Å². The Morgan fingerprint density at radius 1 is 0.727 bits per heavy atom. The van der Waals surface area contributed by atoms with Crippen LogP contribution in [0, 0.1) is 22.7 Å². The van der Waals surface area contributed by atoms with Gasteiger partial charge in [-0.25, -0.2) is 0 Å². The Hall–Kier alpha value is -5.40. The topological polar surface area (TPSA) is 208 Å². The molecule has 14 heteroatoms. The first-order valence-electron chi connectivity index (χ1n) is 14.3. The third kappa shape index (κ3) is 6.80. The summed E-state index contributed by atoms with van der Waals surface area (Å²) in [5.41, 5.74) is 13.1. The second kappa shape index (κ2) is 12.1. The van der Waals surface area contributed by atoms with E-state index in [0.29, 0.717) is 58.8 Å². The Labute approximate surface area is 254 Å². The van der Waals surface area contributed by atoms with E-state index in [4.69, 9.17) is 22.3 Å². The van der Waals surface area contributed by atoms with Crippen molar-refractivity contribution in [2.24, 2.45) is 23.3 Å². The fourth-order valence-corrected chi connectivity index (χ4v) is 4.72. The van der Waals surface area contributed by atoms with Crippen LogP contribution in [0.3, 0.4) is 0 Å². The first-order chi connectivity index (χ1) is 20.9. The second-order valence-corrected chi connectivity index (χ2v) is 11.4. The minimum absolute atomic E-state index is 0.306. The highest BCUT2D eigenvalue weighted by atomic mass is 16.2. The van der Waals surface area contributed by atoms with Gasteiger partial charge in [0, 0.05) is 50.7 Å². The van der Waals surface area contributed by atoms with Gasteiger partial charge in [0.2, 0.25) is 0 Å². The molecule has 4 amide bonds. The molecule has 2 aliphatic carbocycles. The summed E-state index contributed by atoms with van der Waals surface area (Å²) in [7, 11) is 2.84. The Kier molecular flexibility index (Phi) is 8.25. The van der Waals surface area contributed by atoms with E-state index in [2.05, 4.69) is 10.6 Å². The number of hydrogen-bond donors (Lipinski definition) is 6. The molecule has 2 aliphatic rings. The number of nitrogens with one attached hydrogen (secondary N) is 4. The maximum absolute atomic E-state index is 13.0. The molecule has 8 N–H and O–H groups in total. The number of benzene rings is 1. The summed E-state index contributed by atoms with van der Waals surface area (Å²) in [5, 5.41) is 20.8. The van der Waals surface area contributed by atoms with Gasteiger partial charge >= 0.3 is 0 Å². The van der Waals surface area contributed by atoms with Gasteiger partial charge < -0.3 is 31.2 Å². The third-order valence-electron chi connectivity index (χ3n) is 7.79. The summed E-state index contributed by atoms with van der Waals surface area (Å²) >= 11 is 0. The van der Waals surface area contributed by atoms with Gasteiger partial charge in [0.25, 0.3) is 23.6 Å². The van der Waals surface area contributed by atoms with Crippen LogP contribution < -0.4 is 22.1 Å². The number of nitrogens with zero attached hydrogens (tertiary/aromatic N) is 4. The molecule has 44 heavy (non-hydrogen) atoms. The Morgan fingerprint density at radius 3 is 1.36 bits per heavy atom. The molecule has 230 valence electrons. The van der Waals surface area contributed by atoms with E-state index in [-0.39, 0.29) is 11.9 Å². The minimum Gasteiger partial charge on any atom is -0.370 e. The lowest BCUT2D eigenvalue weighted by Gasteiger charge is -2.16. The molecule has 2 aromatic heterocycles. The van der Waals surface area contributed by atoms with E-state index in [1.165, 1.54) is 38.4 Å². The molecule has 0 spiro atoms. The summed E-state index contributed by atoms with van der Waals surface area (Å²) in [6.07, 6.45) is 7.67.